The molecule has 0 bridgehead atoms. The Morgan fingerprint density at radius 3 is 2.56 bits per heavy atom. The van der Waals surface area contributed by atoms with Crippen molar-refractivity contribution in [3.05, 3.63) is 24.3 Å². The summed E-state index contributed by atoms with van der Waals surface area (Å²) < 4.78 is 11.6. The summed E-state index contributed by atoms with van der Waals surface area (Å²) in [4.78, 5) is 0. The number of hydrogen-bond acceptors (Lipinski definition) is 2. The summed E-state index contributed by atoms with van der Waals surface area (Å²) in [7, 11) is 0. The molecule has 0 aromatic heterocycles. The van der Waals surface area contributed by atoms with Gasteiger partial charge in [0.15, 0.2) is 11.5 Å². The van der Waals surface area contributed by atoms with Gasteiger partial charge in [-0.3, -0.25) is 0 Å². The summed E-state index contributed by atoms with van der Waals surface area (Å²) in [6, 6.07) is 7.87. The molecular weight excluding hydrogens is 200 g/mol. The second-order valence-electron chi connectivity index (χ2n) is 5.60. The SMILES string of the molecule is CC(C)(C)CCC1COc2ccccc2O1. The average molecular weight is 220 g/mol. The third-order valence-electron chi connectivity index (χ3n) is 2.78. The van der Waals surface area contributed by atoms with Crippen LogP contribution < -0.4 is 9.47 Å². The average Bonchev–Trinajstić information content (AvgIpc) is 2.25. The molecule has 0 amide bonds. The second kappa shape index (κ2) is 4.36. The predicted octanol–water partition coefficient (Wildman–Crippen LogP) is 3.65. The molecule has 2 rings (SSSR count). The van der Waals surface area contributed by atoms with Gasteiger partial charge in [0.2, 0.25) is 0 Å². The maximum absolute atomic E-state index is 5.90. The summed E-state index contributed by atoms with van der Waals surface area (Å²) in [6.45, 7) is 7.44. The van der Waals surface area contributed by atoms with Crippen molar-refractivity contribution in [3.63, 3.8) is 0 Å². The Morgan fingerprint density at radius 1 is 1.19 bits per heavy atom. The first-order valence-electron chi connectivity index (χ1n) is 5.93. The van der Waals surface area contributed by atoms with Gasteiger partial charge < -0.3 is 9.47 Å². The number of rotatable bonds is 2. The van der Waals surface area contributed by atoms with E-state index in [9.17, 15) is 0 Å². The molecule has 0 saturated carbocycles. The summed E-state index contributed by atoms with van der Waals surface area (Å²) in [6.07, 6.45) is 2.41. The van der Waals surface area contributed by atoms with E-state index in [4.69, 9.17) is 9.47 Å². The van der Waals surface area contributed by atoms with E-state index in [1.54, 1.807) is 0 Å². The lowest BCUT2D eigenvalue weighted by atomic mass is 9.89. The fraction of sp³-hybridized carbons (Fsp3) is 0.571. The van der Waals surface area contributed by atoms with Crippen LogP contribution in [-0.2, 0) is 0 Å². The molecule has 0 radical (unpaired) electrons. The highest BCUT2D eigenvalue weighted by molar-refractivity contribution is 5.40. The van der Waals surface area contributed by atoms with Crippen molar-refractivity contribution in [2.75, 3.05) is 6.61 Å². The topological polar surface area (TPSA) is 18.5 Å². The van der Waals surface area contributed by atoms with E-state index in [2.05, 4.69) is 20.8 Å². The molecular formula is C14H20O2. The molecule has 16 heavy (non-hydrogen) atoms. The van der Waals surface area contributed by atoms with Crippen LogP contribution in [0.5, 0.6) is 11.5 Å². The molecule has 1 aliphatic rings. The highest BCUT2D eigenvalue weighted by Crippen LogP contribution is 2.33. The molecule has 0 aliphatic carbocycles. The van der Waals surface area contributed by atoms with Gasteiger partial charge in [0.05, 0.1) is 0 Å². The van der Waals surface area contributed by atoms with Crippen molar-refractivity contribution >= 4 is 0 Å². The van der Waals surface area contributed by atoms with Crippen LogP contribution in [0.4, 0.5) is 0 Å². The number of fused-ring (bicyclic) bond motifs is 1. The Hall–Kier alpha value is -1.18. The lowest BCUT2D eigenvalue weighted by Crippen LogP contribution is -2.30. The van der Waals surface area contributed by atoms with Gasteiger partial charge in [0.25, 0.3) is 0 Å². The fourth-order valence-electron chi connectivity index (χ4n) is 1.80. The molecule has 2 nitrogen and oxygen atoms in total. The van der Waals surface area contributed by atoms with Crippen LogP contribution in [0.1, 0.15) is 33.6 Å². The van der Waals surface area contributed by atoms with Gasteiger partial charge in [-0.05, 0) is 30.4 Å². The normalized spacial score (nSPS) is 19.6. The van der Waals surface area contributed by atoms with Gasteiger partial charge in [-0.25, -0.2) is 0 Å². The molecule has 0 N–H and O–H groups in total. The zero-order valence-corrected chi connectivity index (χ0v) is 10.3. The van der Waals surface area contributed by atoms with E-state index in [1.807, 2.05) is 24.3 Å². The molecule has 0 spiro atoms. The van der Waals surface area contributed by atoms with Crippen molar-refractivity contribution in [2.45, 2.75) is 39.7 Å². The molecule has 0 fully saturated rings. The minimum absolute atomic E-state index is 0.203. The standard InChI is InChI=1S/C14H20O2/c1-14(2,3)9-8-11-10-15-12-6-4-5-7-13(12)16-11/h4-7,11H,8-10H2,1-3H3. The molecule has 1 unspecified atom stereocenters. The number of ether oxygens (including phenoxy) is 2. The van der Waals surface area contributed by atoms with Gasteiger partial charge in [-0.15, -0.1) is 0 Å². The van der Waals surface area contributed by atoms with Crippen LogP contribution >= 0.6 is 0 Å². The molecule has 1 aliphatic heterocycles. The molecule has 1 atom stereocenters. The third kappa shape index (κ3) is 2.91. The minimum Gasteiger partial charge on any atom is -0.486 e. The van der Waals surface area contributed by atoms with Gasteiger partial charge in [-0.2, -0.15) is 0 Å². The first-order valence-corrected chi connectivity index (χ1v) is 5.93. The Kier molecular flexibility index (Phi) is 3.08. The maximum atomic E-state index is 5.90. The number of benzene rings is 1. The Morgan fingerprint density at radius 2 is 1.88 bits per heavy atom. The van der Waals surface area contributed by atoms with Crippen molar-refractivity contribution < 1.29 is 9.47 Å². The summed E-state index contributed by atoms with van der Waals surface area (Å²) in [5.41, 5.74) is 0.361. The monoisotopic (exact) mass is 220 g/mol. The Labute approximate surface area is 97.6 Å². The van der Waals surface area contributed by atoms with Gasteiger partial charge in [0.1, 0.15) is 12.7 Å². The van der Waals surface area contributed by atoms with Crippen LogP contribution in [0.2, 0.25) is 0 Å². The molecule has 1 aromatic rings. The highest BCUT2D eigenvalue weighted by atomic mass is 16.6. The summed E-state index contributed by atoms with van der Waals surface area (Å²) in [5, 5.41) is 0. The Balaban J connectivity index is 1.93. The van der Waals surface area contributed by atoms with E-state index in [1.165, 1.54) is 0 Å². The van der Waals surface area contributed by atoms with E-state index >= 15 is 0 Å². The zero-order valence-electron chi connectivity index (χ0n) is 10.3. The third-order valence-corrected chi connectivity index (χ3v) is 2.78. The summed E-state index contributed by atoms with van der Waals surface area (Å²) >= 11 is 0. The van der Waals surface area contributed by atoms with Crippen LogP contribution in [-0.4, -0.2) is 12.7 Å². The maximum Gasteiger partial charge on any atom is 0.161 e. The van der Waals surface area contributed by atoms with E-state index in [-0.39, 0.29) is 6.10 Å². The van der Waals surface area contributed by atoms with Crippen molar-refractivity contribution in [3.8, 4) is 11.5 Å². The van der Waals surface area contributed by atoms with Gasteiger partial charge in [-0.1, -0.05) is 32.9 Å². The molecule has 2 heteroatoms. The largest absolute Gasteiger partial charge is 0.486 e. The number of para-hydroxylation sites is 2. The van der Waals surface area contributed by atoms with Crippen LogP contribution in [0, 0.1) is 5.41 Å². The molecule has 88 valence electrons. The quantitative estimate of drug-likeness (QED) is 0.757. The number of hydrogen-bond donors (Lipinski definition) is 0. The highest BCUT2D eigenvalue weighted by Gasteiger charge is 2.22. The molecule has 0 saturated heterocycles. The van der Waals surface area contributed by atoms with E-state index in [0.717, 1.165) is 24.3 Å². The van der Waals surface area contributed by atoms with E-state index < -0.39 is 0 Å². The van der Waals surface area contributed by atoms with Crippen molar-refractivity contribution in [2.24, 2.45) is 5.41 Å². The smallest absolute Gasteiger partial charge is 0.161 e. The van der Waals surface area contributed by atoms with Gasteiger partial charge in [0, 0.05) is 0 Å². The Bertz CT molecular complexity index is 352. The van der Waals surface area contributed by atoms with Crippen LogP contribution in [0.25, 0.3) is 0 Å². The molecule has 1 heterocycles. The first-order chi connectivity index (χ1) is 7.54. The first kappa shape index (κ1) is 11.3. The van der Waals surface area contributed by atoms with Gasteiger partial charge >= 0.3 is 0 Å². The van der Waals surface area contributed by atoms with Crippen molar-refractivity contribution in [1.29, 1.82) is 0 Å². The lowest BCUT2D eigenvalue weighted by Gasteiger charge is -2.28. The fourth-order valence-corrected chi connectivity index (χ4v) is 1.80. The van der Waals surface area contributed by atoms with Crippen LogP contribution in [0.3, 0.4) is 0 Å². The van der Waals surface area contributed by atoms with Crippen molar-refractivity contribution in [1.82, 2.24) is 0 Å². The lowest BCUT2D eigenvalue weighted by molar-refractivity contribution is 0.0759. The molecule has 1 aromatic carbocycles. The minimum atomic E-state index is 0.203. The second-order valence-corrected chi connectivity index (χ2v) is 5.60. The summed E-state index contributed by atoms with van der Waals surface area (Å²) in [5.74, 6) is 1.75. The van der Waals surface area contributed by atoms with Crippen LogP contribution in [0.15, 0.2) is 24.3 Å². The zero-order chi connectivity index (χ0) is 11.6. The van der Waals surface area contributed by atoms with E-state index in [0.29, 0.717) is 12.0 Å². The predicted molar refractivity (Wildman–Crippen MR) is 65.0 cm³/mol.